The summed E-state index contributed by atoms with van der Waals surface area (Å²) in [7, 11) is 0. The van der Waals surface area contributed by atoms with Gasteiger partial charge in [-0.15, -0.1) is 0 Å². The number of amides is 1. The third-order valence-electron chi connectivity index (χ3n) is 3.51. The Morgan fingerprint density at radius 1 is 1.41 bits per heavy atom. The third-order valence-corrected chi connectivity index (χ3v) is 3.51. The summed E-state index contributed by atoms with van der Waals surface area (Å²) in [5, 5.41) is 3.48. The summed E-state index contributed by atoms with van der Waals surface area (Å²) in [5.74, 6) is 0.460. The Morgan fingerprint density at radius 2 is 2.12 bits per heavy atom. The lowest BCUT2D eigenvalue weighted by molar-refractivity contribution is -0.124. The fourth-order valence-corrected chi connectivity index (χ4v) is 2.45. The highest BCUT2D eigenvalue weighted by molar-refractivity contribution is 5.79. The van der Waals surface area contributed by atoms with Gasteiger partial charge in [0.05, 0.1) is 6.04 Å². The molecule has 1 rings (SSSR count). The van der Waals surface area contributed by atoms with Gasteiger partial charge in [0.25, 0.3) is 0 Å². The van der Waals surface area contributed by atoms with Crippen LogP contribution in [0, 0.1) is 5.92 Å². The summed E-state index contributed by atoms with van der Waals surface area (Å²) < 4.78 is 0. The largest absolute Gasteiger partial charge is 0.368 e. The summed E-state index contributed by atoms with van der Waals surface area (Å²) >= 11 is 0. The summed E-state index contributed by atoms with van der Waals surface area (Å²) in [6.45, 7) is 9.33. The molecule has 1 fully saturated rings. The molecule has 0 aromatic carbocycles. The van der Waals surface area contributed by atoms with Crippen LogP contribution in [0.25, 0.3) is 0 Å². The first-order valence-corrected chi connectivity index (χ1v) is 6.78. The topological polar surface area (TPSA) is 58.4 Å². The van der Waals surface area contributed by atoms with Crippen molar-refractivity contribution in [2.45, 2.75) is 52.1 Å². The first-order valence-electron chi connectivity index (χ1n) is 6.78. The molecule has 0 saturated carbocycles. The second kappa shape index (κ2) is 6.97. The van der Waals surface area contributed by atoms with Gasteiger partial charge in [0.2, 0.25) is 5.91 Å². The van der Waals surface area contributed by atoms with E-state index >= 15 is 0 Å². The molecular weight excluding hydrogens is 214 g/mol. The van der Waals surface area contributed by atoms with Crippen LogP contribution in [-0.2, 0) is 4.79 Å². The average Bonchev–Trinajstić information content (AvgIpc) is 2.28. The summed E-state index contributed by atoms with van der Waals surface area (Å²) in [6, 6.07) is 0.325. The van der Waals surface area contributed by atoms with Crippen molar-refractivity contribution in [3.8, 4) is 0 Å². The molecule has 1 heterocycles. The Hall–Kier alpha value is -0.610. The number of likely N-dealkylation sites (tertiary alicyclic amines) is 1. The second-order valence-corrected chi connectivity index (χ2v) is 5.52. The van der Waals surface area contributed by atoms with Gasteiger partial charge in [0.15, 0.2) is 0 Å². The highest BCUT2D eigenvalue weighted by atomic mass is 16.1. The molecule has 3 N–H and O–H groups in total. The minimum Gasteiger partial charge on any atom is -0.368 e. The Kier molecular flexibility index (Phi) is 5.92. The molecule has 4 nitrogen and oxygen atoms in total. The smallest absolute Gasteiger partial charge is 0.234 e. The van der Waals surface area contributed by atoms with E-state index in [0.717, 1.165) is 19.6 Å². The van der Waals surface area contributed by atoms with Gasteiger partial charge in [0.1, 0.15) is 0 Å². The molecule has 0 aromatic rings. The highest BCUT2D eigenvalue weighted by Gasteiger charge is 2.28. The average molecular weight is 241 g/mol. The van der Waals surface area contributed by atoms with Crippen molar-refractivity contribution in [3.05, 3.63) is 0 Å². The molecule has 1 amide bonds. The van der Waals surface area contributed by atoms with Crippen LogP contribution < -0.4 is 11.1 Å². The number of nitrogens with zero attached hydrogens (tertiary/aromatic N) is 1. The van der Waals surface area contributed by atoms with Gasteiger partial charge in [-0.1, -0.05) is 20.3 Å². The number of carbonyl (C=O) groups excluding carboxylic acids is 1. The third kappa shape index (κ3) is 4.64. The van der Waals surface area contributed by atoms with E-state index in [2.05, 4.69) is 24.1 Å². The lowest BCUT2D eigenvalue weighted by atomic mass is 9.99. The zero-order chi connectivity index (χ0) is 12.8. The van der Waals surface area contributed by atoms with Gasteiger partial charge in [0, 0.05) is 12.6 Å². The Labute approximate surface area is 105 Å². The SMILES string of the molecule is CC(C)CNCC1CCCCN1C(C)C(N)=O. The lowest BCUT2D eigenvalue weighted by Gasteiger charge is -2.38. The van der Waals surface area contributed by atoms with Crippen molar-refractivity contribution in [2.75, 3.05) is 19.6 Å². The van der Waals surface area contributed by atoms with Crippen LogP contribution >= 0.6 is 0 Å². The van der Waals surface area contributed by atoms with Crippen LogP contribution in [0.3, 0.4) is 0 Å². The van der Waals surface area contributed by atoms with Crippen molar-refractivity contribution in [1.82, 2.24) is 10.2 Å². The number of rotatable bonds is 6. The normalized spacial score (nSPS) is 23.9. The van der Waals surface area contributed by atoms with Gasteiger partial charge in [-0.05, 0) is 38.8 Å². The van der Waals surface area contributed by atoms with Crippen molar-refractivity contribution in [3.63, 3.8) is 0 Å². The van der Waals surface area contributed by atoms with E-state index in [-0.39, 0.29) is 11.9 Å². The number of primary amides is 1. The molecule has 0 radical (unpaired) electrons. The van der Waals surface area contributed by atoms with Crippen LogP contribution in [0.2, 0.25) is 0 Å². The van der Waals surface area contributed by atoms with E-state index in [9.17, 15) is 4.79 Å². The molecule has 2 unspecified atom stereocenters. The molecule has 4 heteroatoms. The number of nitrogens with two attached hydrogens (primary N) is 1. The zero-order valence-electron chi connectivity index (χ0n) is 11.4. The standard InChI is InChI=1S/C13H27N3O/c1-10(2)8-15-9-12-6-4-5-7-16(12)11(3)13(14)17/h10-12,15H,4-9H2,1-3H3,(H2,14,17). The van der Waals surface area contributed by atoms with E-state index in [4.69, 9.17) is 5.73 Å². The second-order valence-electron chi connectivity index (χ2n) is 5.52. The predicted molar refractivity (Wildman–Crippen MR) is 70.7 cm³/mol. The van der Waals surface area contributed by atoms with Crippen LogP contribution in [0.4, 0.5) is 0 Å². The predicted octanol–water partition coefficient (Wildman–Crippen LogP) is 0.960. The summed E-state index contributed by atoms with van der Waals surface area (Å²) in [6.07, 6.45) is 3.61. The van der Waals surface area contributed by atoms with Crippen LogP contribution in [0.15, 0.2) is 0 Å². The number of carbonyl (C=O) groups is 1. The maximum Gasteiger partial charge on any atom is 0.234 e. The maximum atomic E-state index is 11.3. The van der Waals surface area contributed by atoms with Gasteiger partial charge in [-0.25, -0.2) is 0 Å². The molecular formula is C13H27N3O. The van der Waals surface area contributed by atoms with Crippen LogP contribution in [-0.4, -0.2) is 42.5 Å². The molecule has 0 spiro atoms. The van der Waals surface area contributed by atoms with E-state index in [0.29, 0.717) is 12.0 Å². The van der Waals surface area contributed by atoms with Crippen molar-refractivity contribution in [2.24, 2.45) is 11.7 Å². The summed E-state index contributed by atoms with van der Waals surface area (Å²) in [5.41, 5.74) is 5.40. The van der Waals surface area contributed by atoms with Crippen molar-refractivity contribution in [1.29, 1.82) is 0 Å². The van der Waals surface area contributed by atoms with Gasteiger partial charge in [-0.3, -0.25) is 9.69 Å². The molecule has 100 valence electrons. The minimum atomic E-state index is -0.208. The van der Waals surface area contributed by atoms with Gasteiger partial charge in [-0.2, -0.15) is 0 Å². The van der Waals surface area contributed by atoms with E-state index in [1.807, 2.05) is 6.92 Å². The Morgan fingerprint density at radius 3 is 2.71 bits per heavy atom. The minimum absolute atomic E-state index is 0.138. The fourth-order valence-electron chi connectivity index (χ4n) is 2.45. The van der Waals surface area contributed by atoms with Crippen molar-refractivity contribution < 1.29 is 4.79 Å². The zero-order valence-corrected chi connectivity index (χ0v) is 11.4. The molecule has 1 saturated heterocycles. The molecule has 2 atom stereocenters. The lowest BCUT2D eigenvalue weighted by Crippen LogP contribution is -2.53. The first kappa shape index (κ1) is 14.5. The van der Waals surface area contributed by atoms with E-state index in [1.54, 1.807) is 0 Å². The summed E-state index contributed by atoms with van der Waals surface area (Å²) in [4.78, 5) is 13.5. The molecule has 1 aliphatic heterocycles. The van der Waals surface area contributed by atoms with Crippen LogP contribution in [0.1, 0.15) is 40.0 Å². The van der Waals surface area contributed by atoms with Crippen molar-refractivity contribution >= 4 is 5.91 Å². The van der Waals surface area contributed by atoms with Gasteiger partial charge < -0.3 is 11.1 Å². The fraction of sp³-hybridized carbons (Fsp3) is 0.923. The number of hydrogen-bond donors (Lipinski definition) is 2. The van der Waals surface area contributed by atoms with Crippen LogP contribution in [0.5, 0.6) is 0 Å². The molecule has 1 aliphatic rings. The number of piperidine rings is 1. The molecule has 17 heavy (non-hydrogen) atoms. The number of nitrogens with one attached hydrogen (secondary N) is 1. The quantitative estimate of drug-likeness (QED) is 0.728. The molecule has 0 bridgehead atoms. The molecule has 0 aliphatic carbocycles. The van der Waals surface area contributed by atoms with E-state index < -0.39 is 0 Å². The monoisotopic (exact) mass is 241 g/mol. The first-order chi connectivity index (χ1) is 8.02. The number of hydrogen-bond acceptors (Lipinski definition) is 3. The highest BCUT2D eigenvalue weighted by Crippen LogP contribution is 2.19. The van der Waals surface area contributed by atoms with Gasteiger partial charge >= 0.3 is 0 Å². The molecule has 0 aromatic heterocycles. The Bertz CT molecular complexity index is 243. The Balaban J connectivity index is 2.45. The van der Waals surface area contributed by atoms with E-state index in [1.165, 1.54) is 19.3 Å². The maximum absolute atomic E-state index is 11.3.